The van der Waals surface area contributed by atoms with Crippen molar-refractivity contribution in [2.75, 3.05) is 0 Å². The summed E-state index contributed by atoms with van der Waals surface area (Å²) in [5.41, 5.74) is -0.690. The largest absolute Gasteiger partial charge is 0.421 e. The van der Waals surface area contributed by atoms with Gasteiger partial charge in [-0.15, -0.1) is 0 Å². The molecule has 6 heteroatoms. The molecule has 0 fully saturated rings. The molecule has 0 spiro atoms. The van der Waals surface area contributed by atoms with Crippen molar-refractivity contribution in [2.24, 2.45) is 5.41 Å². The Hall–Kier alpha value is -1.85. The first-order valence-corrected chi connectivity index (χ1v) is 6.88. The molecule has 0 saturated heterocycles. The molecule has 0 aromatic carbocycles. The average molecular weight is 309 g/mol. The van der Waals surface area contributed by atoms with Gasteiger partial charge in [-0.2, -0.15) is 0 Å². The molecule has 1 unspecified atom stereocenters. The summed E-state index contributed by atoms with van der Waals surface area (Å²) in [6, 6.07) is 5.29. The third kappa shape index (κ3) is 3.83. The highest BCUT2D eigenvalue weighted by Gasteiger charge is 2.35. The van der Waals surface area contributed by atoms with E-state index in [9.17, 15) is 9.90 Å². The number of carbonyl (C=O) groups is 1. The van der Waals surface area contributed by atoms with Crippen LogP contribution in [0.1, 0.15) is 13.8 Å². The first kappa shape index (κ1) is 15.5. The first-order chi connectivity index (χ1) is 9.90. The number of rotatable bonds is 5. The summed E-state index contributed by atoms with van der Waals surface area (Å²) in [7, 11) is 0. The number of hydrogen-bond donors (Lipinski definition) is 1. The Morgan fingerprint density at radius 1 is 1.48 bits per heavy atom. The van der Waals surface area contributed by atoms with Crippen molar-refractivity contribution in [1.29, 1.82) is 0 Å². The zero-order valence-corrected chi connectivity index (χ0v) is 12.6. The minimum Gasteiger partial charge on any atom is -0.421 e. The van der Waals surface area contributed by atoms with Crippen molar-refractivity contribution in [3.05, 3.63) is 48.0 Å². The number of halogens is 1. The number of carbonyl (C=O) groups excluding carboxylic acids is 1. The number of aliphatic hydroxyl groups excluding tert-OH is 1. The van der Waals surface area contributed by atoms with Gasteiger partial charge in [0.15, 0.2) is 11.9 Å². The predicted octanol–water partition coefficient (Wildman–Crippen LogP) is 2.53. The fourth-order valence-electron chi connectivity index (χ4n) is 1.95. The number of hydrogen-bond acceptors (Lipinski definition) is 4. The minimum absolute atomic E-state index is 0.139. The quantitative estimate of drug-likeness (QED) is 0.862. The number of pyridine rings is 1. The maximum absolute atomic E-state index is 12.1. The van der Waals surface area contributed by atoms with Crippen LogP contribution < -0.4 is 4.74 Å². The lowest BCUT2D eigenvalue weighted by molar-refractivity contribution is -0.150. The van der Waals surface area contributed by atoms with Crippen LogP contribution in [0, 0.1) is 5.41 Å². The predicted molar refractivity (Wildman–Crippen MR) is 79.1 cm³/mol. The van der Waals surface area contributed by atoms with Crippen LogP contribution in [0.2, 0.25) is 5.02 Å². The molecule has 0 amide bonds. The van der Waals surface area contributed by atoms with E-state index in [2.05, 4.69) is 4.98 Å². The fourth-order valence-corrected chi connectivity index (χ4v) is 2.10. The van der Waals surface area contributed by atoms with Crippen LogP contribution in [0.3, 0.4) is 0 Å². The van der Waals surface area contributed by atoms with Crippen LogP contribution in [0.4, 0.5) is 0 Å². The number of esters is 1. The minimum atomic E-state index is -1.28. The van der Waals surface area contributed by atoms with Crippen molar-refractivity contribution in [2.45, 2.75) is 26.5 Å². The Bertz CT molecular complexity index is 611. The lowest BCUT2D eigenvalue weighted by atomic mass is 9.86. The van der Waals surface area contributed by atoms with Crippen molar-refractivity contribution in [3.8, 4) is 5.75 Å². The second-order valence-electron chi connectivity index (χ2n) is 5.47. The van der Waals surface area contributed by atoms with Gasteiger partial charge in [-0.25, -0.2) is 4.79 Å². The summed E-state index contributed by atoms with van der Waals surface area (Å²) in [5.74, 6) is -0.609. The monoisotopic (exact) mass is 308 g/mol. The molecular weight excluding hydrogens is 292 g/mol. The third-order valence-electron chi connectivity index (χ3n) is 3.16. The maximum atomic E-state index is 12.1. The Balaban J connectivity index is 2.06. The van der Waals surface area contributed by atoms with Gasteiger partial charge in [0.2, 0.25) is 0 Å². The molecule has 1 atom stereocenters. The zero-order chi connectivity index (χ0) is 15.5. The molecule has 1 N–H and O–H groups in total. The number of nitrogens with zero attached hydrogens (tertiary/aromatic N) is 2. The van der Waals surface area contributed by atoms with Crippen LogP contribution >= 0.6 is 11.6 Å². The Morgan fingerprint density at radius 2 is 2.14 bits per heavy atom. The average Bonchev–Trinajstić information content (AvgIpc) is 2.92. The van der Waals surface area contributed by atoms with E-state index in [0.717, 1.165) is 0 Å². The highest BCUT2D eigenvalue weighted by molar-refractivity contribution is 6.32. The molecular formula is C15H17ClN2O3. The van der Waals surface area contributed by atoms with E-state index < -0.39 is 17.5 Å². The molecule has 112 valence electrons. The van der Waals surface area contributed by atoms with E-state index in [1.54, 1.807) is 13.8 Å². The van der Waals surface area contributed by atoms with Crippen LogP contribution in [0.15, 0.2) is 43.0 Å². The van der Waals surface area contributed by atoms with Crippen LogP contribution in [-0.4, -0.2) is 26.7 Å². The summed E-state index contributed by atoms with van der Waals surface area (Å²) in [5, 5.41) is 10.5. The number of aliphatic hydroxyl groups is 1. The Labute approximate surface area is 128 Å². The molecule has 0 aliphatic rings. The lowest BCUT2D eigenvalue weighted by Crippen LogP contribution is -2.41. The summed E-state index contributed by atoms with van der Waals surface area (Å²) >= 11 is 5.90. The fraction of sp³-hybridized carbons (Fsp3) is 0.333. The van der Waals surface area contributed by atoms with Gasteiger partial charge in [-0.05, 0) is 18.2 Å². The van der Waals surface area contributed by atoms with Crippen LogP contribution in [0.5, 0.6) is 5.75 Å². The number of aromatic nitrogens is 2. The number of ether oxygens (including phenoxy) is 1. The van der Waals surface area contributed by atoms with Crippen molar-refractivity contribution in [3.63, 3.8) is 0 Å². The van der Waals surface area contributed by atoms with Gasteiger partial charge in [0.25, 0.3) is 0 Å². The second-order valence-corrected chi connectivity index (χ2v) is 5.88. The molecule has 21 heavy (non-hydrogen) atoms. The van der Waals surface area contributed by atoms with Gasteiger partial charge in [-0.1, -0.05) is 25.4 Å². The molecule has 5 nitrogen and oxygen atoms in total. The van der Waals surface area contributed by atoms with Crippen LogP contribution in [-0.2, 0) is 11.3 Å². The highest BCUT2D eigenvalue weighted by Crippen LogP contribution is 2.27. The van der Waals surface area contributed by atoms with E-state index in [1.807, 2.05) is 29.1 Å². The zero-order valence-electron chi connectivity index (χ0n) is 11.9. The van der Waals surface area contributed by atoms with Gasteiger partial charge in [0.1, 0.15) is 0 Å². The van der Waals surface area contributed by atoms with Gasteiger partial charge >= 0.3 is 5.97 Å². The van der Waals surface area contributed by atoms with E-state index in [4.69, 9.17) is 16.3 Å². The van der Waals surface area contributed by atoms with Crippen molar-refractivity contribution < 1.29 is 14.6 Å². The normalized spacial score (nSPS) is 13.0. The van der Waals surface area contributed by atoms with Crippen LogP contribution in [0.25, 0.3) is 0 Å². The molecule has 0 bridgehead atoms. The maximum Gasteiger partial charge on any atom is 0.341 e. The van der Waals surface area contributed by atoms with E-state index in [-0.39, 0.29) is 10.8 Å². The van der Waals surface area contributed by atoms with E-state index in [0.29, 0.717) is 6.54 Å². The lowest BCUT2D eigenvalue weighted by Gasteiger charge is -2.29. The third-order valence-corrected chi connectivity index (χ3v) is 3.48. The topological polar surface area (TPSA) is 64.4 Å². The Kier molecular flexibility index (Phi) is 4.65. The summed E-state index contributed by atoms with van der Waals surface area (Å²) < 4.78 is 7.02. The molecule has 2 heterocycles. The molecule has 2 rings (SSSR count). The van der Waals surface area contributed by atoms with Crippen molar-refractivity contribution >= 4 is 17.6 Å². The van der Waals surface area contributed by atoms with E-state index >= 15 is 0 Å². The molecule has 0 saturated carbocycles. The molecule has 0 aliphatic heterocycles. The van der Waals surface area contributed by atoms with Gasteiger partial charge in [0, 0.05) is 30.6 Å². The second kappa shape index (κ2) is 6.28. The summed E-state index contributed by atoms with van der Waals surface area (Å²) in [6.07, 6.45) is 5.30. The Morgan fingerprint density at radius 3 is 2.76 bits per heavy atom. The SMILES string of the molecule is CC(C)(Cn1cccc1)C(O)C(=O)Oc1cnccc1Cl. The molecule has 2 aromatic rings. The first-order valence-electron chi connectivity index (χ1n) is 6.50. The highest BCUT2D eigenvalue weighted by atomic mass is 35.5. The molecule has 0 radical (unpaired) electrons. The van der Waals surface area contributed by atoms with Gasteiger partial charge < -0.3 is 14.4 Å². The standard InChI is InChI=1S/C15H17ClN2O3/c1-15(2,10-18-7-3-4-8-18)13(19)14(20)21-12-9-17-6-5-11(12)16/h3-9,13,19H,10H2,1-2H3. The molecule has 0 aliphatic carbocycles. The van der Waals surface area contributed by atoms with E-state index in [1.165, 1.54) is 18.5 Å². The summed E-state index contributed by atoms with van der Waals surface area (Å²) in [6.45, 7) is 4.07. The van der Waals surface area contributed by atoms with Gasteiger partial charge in [0.05, 0.1) is 11.2 Å². The molecule has 2 aromatic heterocycles. The van der Waals surface area contributed by atoms with Crippen molar-refractivity contribution in [1.82, 2.24) is 9.55 Å². The smallest absolute Gasteiger partial charge is 0.341 e. The van der Waals surface area contributed by atoms with Gasteiger partial charge in [-0.3, -0.25) is 4.98 Å². The summed E-state index contributed by atoms with van der Waals surface area (Å²) in [4.78, 5) is 15.9.